The first kappa shape index (κ1) is 14.6. The molecule has 0 spiro atoms. The quantitative estimate of drug-likeness (QED) is 0.677. The summed E-state index contributed by atoms with van der Waals surface area (Å²) in [5.74, 6) is 2.04. The van der Waals surface area contributed by atoms with Crippen molar-refractivity contribution in [3.05, 3.63) is 29.8 Å². The average Bonchev–Trinajstić information content (AvgIpc) is 2.28. The lowest BCUT2D eigenvalue weighted by molar-refractivity contribution is 0.0940. The molecule has 0 bridgehead atoms. The molecule has 1 aromatic carbocycles. The second-order valence-electron chi connectivity index (χ2n) is 3.75. The lowest BCUT2D eigenvalue weighted by atomic mass is 10.2. The van der Waals surface area contributed by atoms with Crippen LogP contribution < -0.4 is 5.32 Å². The Morgan fingerprint density at radius 3 is 2.78 bits per heavy atom. The minimum absolute atomic E-state index is 0.110. The van der Waals surface area contributed by atoms with E-state index in [-0.39, 0.29) is 22.4 Å². The standard InChI is InChI=1S/C12H12ClNO3S/c1-3-5-9(2)14-12(15)10-6-4-7-11(8-10)18(13,16)17/h1,4,6-9H,5H2,2H3,(H,14,15). The number of halogens is 1. The number of hydrogen-bond acceptors (Lipinski definition) is 3. The molecule has 0 aliphatic heterocycles. The van der Waals surface area contributed by atoms with Crippen LogP contribution >= 0.6 is 10.7 Å². The number of amides is 1. The third-order valence-corrected chi connectivity index (χ3v) is 3.53. The molecule has 6 heteroatoms. The molecule has 4 nitrogen and oxygen atoms in total. The fraction of sp³-hybridized carbons (Fsp3) is 0.250. The zero-order chi connectivity index (χ0) is 13.8. The highest BCUT2D eigenvalue weighted by atomic mass is 35.7. The van der Waals surface area contributed by atoms with Gasteiger partial charge in [-0.05, 0) is 25.1 Å². The van der Waals surface area contributed by atoms with E-state index in [0.29, 0.717) is 6.42 Å². The number of nitrogens with one attached hydrogen (secondary N) is 1. The van der Waals surface area contributed by atoms with Gasteiger partial charge in [-0.2, -0.15) is 0 Å². The van der Waals surface area contributed by atoms with Gasteiger partial charge in [0.15, 0.2) is 0 Å². The highest BCUT2D eigenvalue weighted by molar-refractivity contribution is 8.13. The number of hydrogen-bond donors (Lipinski definition) is 1. The number of carbonyl (C=O) groups is 1. The lowest BCUT2D eigenvalue weighted by Crippen LogP contribution is -2.32. The topological polar surface area (TPSA) is 63.2 Å². The molecule has 0 saturated heterocycles. The average molecular weight is 286 g/mol. The molecule has 18 heavy (non-hydrogen) atoms. The van der Waals surface area contributed by atoms with Crippen molar-refractivity contribution in [2.24, 2.45) is 0 Å². The van der Waals surface area contributed by atoms with Crippen LogP contribution in [0.15, 0.2) is 29.2 Å². The molecular formula is C12H12ClNO3S. The second-order valence-corrected chi connectivity index (χ2v) is 6.31. The zero-order valence-corrected chi connectivity index (χ0v) is 11.3. The Morgan fingerprint density at radius 1 is 1.56 bits per heavy atom. The van der Waals surface area contributed by atoms with Gasteiger partial charge < -0.3 is 5.32 Å². The van der Waals surface area contributed by atoms with Crippen molar-refractivity contribution < 1.29 is 13.2 Å². The number of terminal acetylenes is 1. The largest absolute Gasteiger partial charge is 0.349 e. The van der Waals surface area contributed by atoms with Crippen LogP contribution in [-0.2, 0) is 9.05 Å². The van der Waals surface area contributed by atoms with Crippen LogP contribution in [0.3, 0.4) is 0 Å². The van der Waals surface area contributed by atoms with E-state index in [2.05, 4.69) is 11.2 Å². The molecule has 1 rings (SSSR count). The van der Waals surface area contributed by atoms with Gasteiger partial charge >= 0.3 is 0 Å². The van der Waals surface area contributed by atoms with Crippen LogP contribution in [0, 0.1) is 12.3 Å². The molecule has 0 saturated carbocycles. The van der Waals surface area contributed by atoms with Gasteiger partial charge in [0.05, 0.1) is 4.90 Å². The Morgan fingerprint density at radius 2 is 2.22 bits per heavy atom. The predicted octanol–water partition coefficient (Wildman–Crippen LogP) is 1.76. The number of rotatable bonds is 4. The summed E-state index contributed by atoms with van der Waals surface area (Å²) in [5.41, 5.74) is 0.223. The molecule has 0 aliphatic rings. The molecule has 96 valence electrons. The molecule has 1 N–H and O–H groups in total. The van der Waals surface area contributed by atoms with Gasteiger partial charge in [-0.1, -0.05) is 6.07 Å². The Balaban J connectivity index is 2.92. The van der Waals surface area contributed by atoms with E-state index in [1.54, 1.807) is 6.92 Å². The molecule has 0 fully saturated rings. The molecule has 0 aliphatic carbocycles. The third kappa shape index (κ3) is 4.06. The molecule has 0 aromatic heterocycles. The smallest absolute Gasteiger partial charge is 0.261 e. The summed E-state index contributed by atoms with van der Waals surface area (Å²) in [4.78, 5) is 11.7. The van der Waals surface area contributed by atoms with Crippen LogP contribution in [0.2, 0.25) is 0 Å². The van der Waals surface area contributed by atoms with Crippen molar-refractivity contribution in [1.29, 1.82) is 0 Å². The minimum atomic E-state index is -3.84. The summed E-state index contributed by atoms with van der Waals surface area (Å²) in [7, 11) is 1.37. The van der Waals surface area contributed by atoms with Crippen molar-refractivity contribution in [1.82, 2.24) is 5.32 Å². The normalized spacial score (nSPS) is 12.5. The van der Waals surface area contributed by atoms with E-state index >= 15 is 0 Å². The second kappa shape index (κ2) is 5.89. The maximum absolute atomic E-state index is 11.8. The maximum atomic E-state index is 11.8. The van der Waals surface area contributed by atoms with Gasteiger partial charge in [0, 0.05) is 28.7 Å². The van der Waals surface area contributed by atoms with Gasteiger partial charge in [-0.15, -0.1) is 12.3 Å². The lowest BCUT2D eigenvalue weighted by Gasteiger charge is -2.11. The fourth-order valence-electron chi connectivity index (χ4n) is 1.32. The first-order chi connectivity index (χ1) is 8.34. The molecule has 1 aromatic rings. The summed E-state index contributed by atoms with van der Waals surface area (Å²) in [6.45, 7) is 1.76. The van der Waals surface area contributed by atoms with E-state index in [1.165, 1.54) is 24.3 Å². The Hall–Kier alpha value is -1.51. The zero-order valence-electron chi connectivity index (χ0n) is 9.68. The van der Waals surface area contributed by atoms with E-state index in [9.17, 15) is 13.2 Å². The van der Waals surface area contributed by atoms with Gasteiger partial charge in [-0.25, -0.2) is 8.42 Å². The first-order valence-electron chi connectivity index (χ1n) is 5.13. The number of carbonyl (C=O) groups excluding carboxylic acids is 1. The van der Waals surface area contributed by atoms with E-state index in [4.69, 9.17) is 17.1 Å². The van der Waals surface area contributed by atoms with Crippen molar-refractivity contribution in [2.45, 2.75) is 24.3 Å². The molecule has 1 atom stereocenters. The van der Waals surface area contributed by atoms with Crippen LogP contribution in [-0.4, -0.2) is 20.4 Å². The highest BCUT2D eigenvalue weighted by Gasteiger charge is 2.14. The Kier molecular flexibility index (Phi) is 4.76. The van der Waals surface area contributed by atoms with Gasteiger partial charge in [0.2, 0.25) is 0 Å². The molecule has 0 radical (unpaired) electrons. The van der Waals surface area contributed by atoms with Gasteiger partial charge in [0.1, 0.15) is 0 Å². The van der Waals surface area contributed by atoms with Gasteiger partial charge in [-0.3, -0.25) is 4.79 Å². The Labute approximate surface area is 111 Å². The van der Waals surface area contributed by atoms with E-state index < -0.39 is 9.05 Å². The summed E-state index contributed by atoms with van der Waals surface area (Å²) in [6, 6.07) is 5.32. The van der Waals surface area contributed by atoms with Crippen molar-refractivity contribution >= 4 is 25.6 Å². The van der Waals surface area contributed by atoms with Crippen LogP contribution in [0.5, 0.6) is 0 Å². The molecule has 1 amide bonds. The predicted molar refractivity (Wildman–Crippen MR) is 69.9 cm³/mol. The third-order valence-electron chi connectivity index (χ3n) is 2.18. The highest BCUT2D eigenvalue weighted by Crippen LogP contribution is 2.16. The van der Waals surface area contributed by atoms with Crippen molar-refractivity contribution in [3.8, 4) is 12.3 Å². The summed E-state index contributed by atoms with van der Waals surface area (Å²) < 4.78 is 22.3. The molecule has 0 heterocycles. The van der Waals surface area contributed by atoms with E-state index in [1.807, 2.05) is 0 Å². The van der Waals surface area contributed by atoms with Crippen LogP contribution in [0.25, 0.3) is 0 Å². The minimum Gasteiger partial charge on any atom is -0.349 e. The monoisotopic (exact) mass is 285 g/mol. The van der Waals surface area contributed by atoms with Gasteiger partial charge in [0.25, 0.3) is 15.0 Å². The molecular weight excluding hydrogens is 274 g/mol. The fourth-order valence-corrected chi connectivity index (χ4v) is 2.12. The van der Waals surface area contributed by atoms with Crippen molar-refractivity contribution in [3.63, 3.8) is 0 Å². The van der Waals surface area contributed by atoms with Crippen LogP contribution in [0.4, 0.5) is 0 Å². The molecule has 1 unspecified atom stereocenters. The Bertz CT molecular complexity index is 590. The van der Waals surface area contributed by atoms with Crippen molar-refractivity contribution in [2.75, 3.05) is 0 Å². The van der Waals surface area contributed by atoms with Crippen LogP contribution in [0.1, 0.15) is 23.7 Å². The number of benzene rings is 1. The maximum Gasteiger partial charge on any atom is 0.261 e. The first-order valence-corrected chi connectivity index (χ1v) is 7.44. The SMILES string of the molecule is C#CCC(C)NC(=O)c1cccc(S(=O)(=O)Cl)c1. The summed E-state index contributed by atoms with van der Waals surface area (Å²) in [5, 5.41) is 2.66. The summed E-state index contributed by atoms with van der Waals surface area (Å²) in [6.07, 6.45) is 5.53. The summed E-state index contributed by atoms with van der Waals surface area (Å²) >= 11 is 0. The van der Waals surface area contributed by atoms with E-state index in [0.717, 1.165) is 0 Å².